The molecule has 138 valence electrons. The minimum absolute atomic E-state index is 0.106. The number of benzene rings is 3. The molecule has 0 saturated heterocycles. The second-order valence-corrected chi connectivity index (χ2v) is 6.48. The molecule has 0 spiro atoms. The molecule has 0 bridgehead atoms. The number of nitrogens with one attached hydrogen (secondary N) is 1. The fourth-order valence-corrected chi connectivity index (χ4v) is 3.49. The molecule has 7 heteroatoms. The van der Waals surface area contributed by atoms with E-state index in [-0.39, 0.29) is 25.2 Å². The van der Waals surface area contributed by atoms with Crippen LogP contribution in [-0.2, 0) is 4.79 Å². The van der Waals surface area contributed by atoms with Crippen molar-refractivity contribution in [3.05, 3.63) is 65.7 Å². The molecule has 0 atom stereocenters. The third kappa shape index (κ3) is 2.64. The van der Waals surface area contributed by atoms with Crippen LogP contribution in [0.15, 0.2) is 59.7 Å². The molecule has 2 heterocycles. The van der Waals surface area contributed by atoms with Gasteiger partial charge in [0.2, 0.25) is 6.79 Å². The van der Waals surface area contributed by atoms with E-state index in [2.05, 4.69) is 10.5 Å². The van der Waals surface area contributed by atoms with Crippen LogP contribution in [-0.4, -0.2) is 31.4 Å². The highest BCUT2D eigenvalue weighted by Gasteiger charge is 2.30. The maximum absolute atomic E-state index is 12.7. The van der Waals surface area contributed by atoms with Crippen LogP contribution in [0.4, 0.5) is 5.69 Å². The Morgan fingerprint density at radius 3 is 2.82 bits per heavy atom. The number of ether oxygens (including phenoxy) is 2. The minimum Gasteiger partial charge on any atom is -0.454 e. The zero-order valence-corrected chi connectivity index (χ0v) is 14.7. The van der Waals surface area contributed by atoms with E-state index in [1.165, 1.54) is 11.1 Å². The van der Waals surface area contributed by atoms with Crippen molar-refractivity contribution in [1.82, 2.24) is 5.43 Å². The molecule has 0 aliphatic carbocycles. The molecular weight excluding hydrogens is 358 g/mol. The van der Waals surface area contributed by atoms with Crippen LogP contribution in [0.1, 0.15) is 15.9 Å². The smallest absolute Gasteiger partial charge is 0.260 e. The molecule has 0 saturated carbocycles. The van der Waals surface area contributed by atoms with E-state index in [4.69, 9.17) is 9.47 Å². The molecule has 0 radical (unpaired) electrons. The molecule has 2 aliphatic heterocycles. The van der Waals surface area contributed by atoms with Gasteiger partial charge in [-0.05, 0) is 41.3 Å². The van der Waals surface area contributed by atoms with Gasteiger partial charge in [-0.3, -0.25) is 14.5 Å². The van der Waals surface area contributed by atoms with Crippen molar-refractivity contribution in [3.63, 3.8) is 0 Å². The lowest BCUT2D eigenvalue weighted by Gasteiger charge is -2.16. The summed E-state index contributed by atoms with van der Waals surface area (Å²) in [6.07, 6.45) is 1.52. The Morgan fingerprint density at radius 2 is 1.93 bits per heavy atom. The van der Waals surface area contributed by atoms with E-state index < -0.39 is 0 Å². The SMILES string of the molecule is O=C(CN1C(=O)c2cccc3cccc1c23)N/N=C/c1ccc2c(c1)OCO2. The van der Waals surface area contributed by atoms with Crippen LogP contribution in [0.3, 0.4) is 0 Å². The van der Waals surface area contributed by atoms with Crippen LogP contribution in [0, 0.1) is 0 Å². The molecule has 3 aromatic rings. The Labute approximate surface area is 160 Å². The molecule has 0 fully saturated rings. The number of carbonyl (C=O) groups excluding carboxylic acids is 2. The summed E-state index contributed by atoms with van der Waals surface area (Å²) in [6, 6.07) is 16.6. The maximum Gasteiger partial charge on any atom is 0.260 e. The van der Waals surface area contributed by atoms with E-state index in [9.17, 15) is 9.59 Å². The van der Waals surface area contributed by atoms with E-state index in [0.29, 0.717) is 17.1 Å². The highest BCUT2D eigenvalue weighted by atomic mass is 16.7. The first-order valence-corrected chi connectivity index (χ1v) is 8.76. The highest BCUT2D eigenvalue weighted by molar-refractivity contribution is 6.26. The standard InChI is InChI=1S/C21H15N3O4/c25-19(23-22-10-13-7-8-17-18(9-13)28-12-27-17)11-24-16-6-2-4-14-3-1-5-15(20(14)16)21(24)26/h1-10H,11-12H2,(H,23,25)/b22-10+. The van der Waals surface area contributed by atoms with Gasteiger partial charge in [0, 0.05) is 10.9 Å². The summed E-state index contributed by atoms with van der Waals surface area (Å²) in [5, 5.41) is 5.83. The second-order valence-electron chi connectivity index (χ2n) is 6.48. The van der Waals surface area contributed by atoms with E-state index in [0.717, 1.165) is 22.0 Å². The van der Waals surface area contributed by atoms with E-state index in [1.807, 2.05) is 36.4 Å². The molecule has 2 amide bonds. The number of carbonyl (C=O) groups is 2. The molecule has 7 nitrogen and oxygen atoms in total. The topological polar surface area (TPSA) is 80.2 Å². The molecule has 3 aromatic carbocycles. The van der Waals surface area contributed by atoms with Gasteiger partial charge in [-0.25, -0.2) is 5.43 Å². The van der Waals surface area contributed by atoms with Gasteiger partial charge in [0.25, 0.3) is 11.8 Å². The Hall–Kier alpha value is -3.87. The van der Waals surface area contributed by atoms with Gasteiger partial charge in [-0.1, -0.05) is 24.3 Å². The average Bonchev–Trinajstić information content (AvgIpc) is 3.28. The first kappa shape index (κ1) is 16.3. The lowest BCUT2D eigenvalue weighted by molar-refractivity contribution is -0.119. The summed E-state index contributed by atoms with van der Waals surface area (Å²) in [4.78, 5) is 26.5. The van der Waals surface area contributed by atoms with Crippen LogP contribution in [0.5, 0.6) is 11.5 Å². The van der Waals surface area contributed by atoms with Crippen molar-refractivity contribution in [2.75, 3.05) is 18.2 Å². The summed E-state index contributed by atoms with van der Waals surface area (Å²) in [5.74, 6) is 0.767. The predicted molar refractivity (Wildman–Crippen MR) is 104 cm³/mol. The highest BCUT2D eigenvalue weighted by Crippen LogP contribution is 2.36. The summed E-state index contributed by atoms with van der Waals surface area (Å²) >= 11 is 0. The number of hydrogen-bond donors (Lipinski definition) is 1. The molecule has 0 aromatic heterocycles. The Kier molecular flexibility index (Phi) is 3.72. The normalized spacial score (nSPS) is 14.3. The van der Waals surface area contributed by atoms with Gasteiger partial charge in [-0.15, -0.1) is 0 Å². The summed E-state index contributed by atoms with van der Waals surface area (Å²) in [6.45, 7) is 0.0940. The number of nitrogens with zero attached hydrogens (tertiary/aromatic N) is 2. The maximum atomic E-state index is 12.7. The van der Waals surface area contributed by atoms with Crippen LogP contribution in [0.25, 0.3) is 10.8 Å². The third-order valence-corrected chi connectivity index (χ3v) is 4.75. The van der Waals surface area contributed by atoms with Gasteiger partial charge in [0.1, 0.15) is 6.54 Å². The Bertz CT molecular complexity index is 1150. The van der Waals surface area contributed by atoms with E-state index >= 15 is 0 Å². The molecule has 0 unspecified atom stereocenters. The predicted octanol–water partition coefficient (Wildman–Crippen LogP) is 2.68. The number of anilines is 1. The number of hydrogen-bond acceptors (Lipinski definition) is 5. The quantitative estimate of drug-likeness (QED) is 0.563. The fourth-order valence-electron chi connectivity index (χ4n) is 3.49. The number of hydrazone groups is 1. The van der Waals surface area contributed by atoms with Crippen molar-refractivity contribution >= 4 is 34.5 Å². The van der Waals surface area contributed by atoms with Gasteiger partial charge in [0.15, 0.2) is 11.5 Å². The van der Waals surface area contributed by atoms with Crippen molar-refractivity contribution in [1.29, 1.82) is 0 Å². The summed E-state index contributed by atoms with van der Waals surface area (Å²) < 4.78 is 10.6. The molecule has 2 aliphatic rings. The number of rotatable bonds is 4. The first-order chi connectivity index (χ1) is 13.7. The second kappa shape index (κ2) is 6.38. The van der Waals surface area contributed by atoms with Gasteiger partial charge < -0.3 is 9.47 Å². The zero-order valence-electron chi connectivity index (χ0n) is 14.7. The molecular formula is C21H15N3O4. The van der Waals surface area contributed by atoms with Crippen LogP contribution >= 0.6 is 0 Å². The molecule has 28 heavy (non-hydrogen) atoms. The summed E-state index contributed by atoms with van der Waals surface area (Å²) in [7, 11) is 0. The van der Waals surface area contributed by atoms with E-state index in [1.54, 1.807) is 18.2 Å². The van der Waals surface area contributed by atoms with Gasteiger partial charge in [-0.2, -0.15) is 5.10 Å². The average molecular weight is 373 g/mol. The summed E-state index contributed by atoms with van der Waals surface area (Å²) in [5.41, 5.74) is 4.59. The van der Waals surface area contributed by atoms with Crippen molar-refractivity contribution in [2.45, 2.75) is 0 Å². The zero-order chi connectivity index (χ0) is 19.1. The third-order valence-electron chi connectivity index (χ3n) is 4.75. The lowest BCUT2D eigenvalue weighted by atomic mass is 10.1. The van der Waals surface area contributed by atoms with Crippen molar-refractivity contribution < 1.29 is 19.1 Å². The van der Waals surface area contributed by atoms with Crippen LogP contribution in [0.2, 0.25) is 0 Å². The Balaban J connectivity index is 1.29. The largest absolute Gasteiger partial charge is 0.454 e. The number of fused-ring (bicyclic) bond motifs is 1. The molecule has 5 rings (SSSR count). The monoisotopic (exact) mass is 373 g/mol. The van der Waals surface area contributed by atoms with Crippen molar-refractivity contribution in [2.24, 2.45) is 5.10 Å². The minimum atomic E-state index is -0.379. The Morgan fingerprint density at radius 1 is 1.11 bits per heavy atom. The van der Waals surface area contributed by atoms with Gasteiger partial charge in [0.05, 0.1) is 11.9 Å². The van der Waals surface area contributed by atoms with Crippen LogP contribution < -0.4 is 19.8 Å². The number of amides is 2. The first-order valence-electron chi connectivity index (χ1n) is 8.76. The van der Waals surface area contributed by atoms with Gasteiger partial charge >= 0.3 is 0 Å². The lowest BCUT2D eigenvalue weighted by Crippen LogP contribution is -2.37. The van der Waals surface area contributed by atoms with Crippen molar-refractivity contribution in [3.8, 4) is 11.5 Å². The fraction of sp³-hybridized carbons (Fsp3) is 0.0952. The molecule has 1 N–H and O–H groups in total.